The van der Waals surface area contributed by atoms with Gasteiger partial charge in [-0.25, -0.2) is 4.79 Å². The van der Waals surface area contributed by atoms with Gasteiger partial charge in [0, 0.05) is 6.54 Å². The number of hydrogen-bond acceptors (Lipinski definition) is 2. The first-order valence-electron chi connectivity index (χ1n) is 5.27. The van der Waals surface area contributed by atoms with Crippen LogP contribution in [0.15, 0.2) is 0 Å². The van der Waals surface area contributed by atoms with Gasteiger partial charge in [-0.1, -0.05) is 20.3 Å². The third-order valence-electron chi connectivity index (χ3n) is 2.76. The third kappa shape index (κ3) is 1.89. The monoisotopic (exact) mass is 197 g/mol. The van der Waals surface area contributed by atoms with E-state index in [4.69, 9.17) is 5.41 Å². The molecule has 1 heterocycles. The van der Waals surface area contributed by atoms with E-state index in [2.05, 4.69) is 19.2 Å². The molecule has 0 spiro atoms. The van der Waals surface area contributed by atoms with Crippen LogP contribution in [0.3, 0.4) is 0 Å². The lowest BCUT2D eigenvalue weighted by molar-refractivity contribution is 0.194. The molecule has 2 unspecified atom stereocenters. The number of nitrogens with one attached hydrogen (secondary N) is 2. The van der Waals surface area contributed by atoms with Crippen LogP contribution in [-0.2, 0) is 0 Å². The van der Waals surface area contributed by atoms with E-state index in [1.807, 2.05) is 6.92 Å². The fourth-order valence-corrected chi connectivity index (χ4v) is 2.09. The fourth-order valence-electron chi connectivity index (χ4n) is 2.09. The van der Waals surface area contributed by atoms with Crippen molar-refractivity contribution in [2.24, 2.45) is 5.92 Å². The molecule has 0 bridgehead atoms. The topological polar surface area (TPSA) is 56.2 Å². The first-order chi connectivity index (χ1) is 6.61. The van der Waals surface area contributed by atoms with Gasteiger partial charge >= 0.3 is 6.03 Å². The summed E-state index contributed by atoms with van der Waals surface area (Å²) < 4.78 is 0. The zero-order valence-electron chi connectivity index (χ0n) is 9.13. The van der Waals surface area contributed by atoms with Gasteiger partial charge in [0.15, 0.2) is 0 Å². The minimum Gasteiger partial charge on any atom is -0.314 e. The average molecular weight is 197 g/mol. The Hall–Kier alpha value is -1.06. The molecular weight excluding hydrogens is 178 g/mol. The molecule has 0 saturated carbocycles. The van der Waals surface area contributed by atoms with Gasteiger partial charge in [0.05, 0.1) is 6.04 Å². The van der Waals surface area contributed by atoms with E-state index in [9.17, 15) is 4.79 Å². The van der Waals surface area contributed by atoms with Crippen molar-refractivity contribution in [2.45, 2.75) is 39.7 Å². The number of amidine groups is 1. The SMILES string of the molecule is CCCC(C)C1C(=N)NC(=O)N1CC. The number of likely N-dealkylation sites (N-methyl/N-ethyl adjacent to an activating group) is 1. The van der Waals surface area contributed by atoms with Crippen molar-refractivity contribution in [1.29, 1.82) is 5.41 Å². The molecule has 80 valence electrons. The molecule has 1 fully saturated rings. The van der Waals surface area contributed by atoms with Gasteiger partial charge in [-0.15, -0.1) is 0 Å². The summed E-state index contributed by atoms with van der Waals surface area (Å²) in [7, 11) is 0. The lowest BCUT2D eigenvalue weighted by Gasteiger charge is -2.26. The van der Waals surface area contributed by atoms with Crippen molar-refractivity contribution < 1.29 is 4.79 Å². The molecule has 1 aliphatic heterocycles. The zero-order valence-corrected chi connectivity index (χ0v) is 9.13. The lowest BCUT2D eigenvalue weighted by atomic mass is 9.96. The Kier molecular flexibility index (Phi) is 3.49. The van der Waals surface area contributed by atoms with Gasteiger partial charge < -0.3 is 4.90 Å². The highest BCUT2D eigenvalue weighted by Gasteiger charge is 2.37. The molecule has 2 atom stereocenters. The molecule has 1 rings (SSSR count). The number of carbonyl (C=O) groups is 1. The van der Waals surface area contributed by atoms with Crippen LogP contribution in [0.5, 0.6) is 0 Å². The molecule has 0 aliphatic carbocycles. The Morgan fingerprint density at radius 2 is 2.21 bits per heavy atom. The maximum Gasteiger partial charge on any atom is 0.323 e. The lowest BCUT2D eigenvalue weighted by Crippen LogP contribution is -2.39. The molecule has 2 amide bonds. The second kappa shape index (κ2) is 4.44. The largest absolute Gasteiger partial charge is 0.323 e. The van der Waals surface area contributed by atoms with Crippen molar-refractivity contribution in [3.63, 3.8) is 0 Å². The van der Waals surface area contributed by atoms with Gasteiger partial charge in [0.1, 0.15) is 5.84 Å². The Labute approximate surface area is 85.2 Å². The van der Waals surface area contributed by atoms with Crippen molar-refractivity contribution in [1.82, 2.24) is 10.2 Å². The number of urea groups is 1. The summed E-state index contributed by atoms with van der Waals surface area (Å²) >= 11 is 0. The molecule has 2 N–H and O–H groups in total. The molecule has 1 aliphatic rings. The fraction of sp³-hybridized carbons (Fsp3) is 0.800. The molecule has 1 saturated heterocycles. The second-order valence-corrected chi connectivity index (χ2v) is 3.84. The molecule has 0 aromatic carbocycles. The normalized spacial score (nSPS) is 23.9. The third-order valence-corrected chi connectivity index (χ3v) is 2.76. The Bertz CT molecular complexity index is 240. The predicted octanol–water partition coefficient (Wildman–Crippen LogP) is 1.81. The van der Waals surface area contributed by atoms with Crippen molar-refractivity contribution in [3.05, 3.63) is 0 Å². The first kappa shape index (κ1) is 11.0. The summed E-state index contributed by atoms with van der Waals surface area (Å²) in [5.41, 5.74) is 0. The number of rotatable bonds is 4. The summed E-state index contributed by atoms with van der Waals surface area (Å²) in [4.78, 5) is 13.1. The van der Waals surface area contributed by atoms with E-state index in [0.29, 0.717) is 18.3 Å². The van der Waals surface area contributed by atoms with Crippen molar-refractivity contribution in [3.8, 4) is 0 Å². The summed E-state index contributed by atoms with van der Waals surface area (Å²) in [5, 5.41) is 10.3. The molecule has 0 radical (unpaired) electrons. The van der Waals surface area contributed by atoms with E-state index in [1.165, 1.54) is 0 Å². The Balaban J connectivity index is 2.73. The number of amides is 2. The first-order valence-corrected chi connectivity index (χ1v) is 5.27. The highest BCUT2D eigenvalue weighted by atomic mass is 16.2. The quantitative estimate of drug-likeness (QED) is 0.709. The number of nitrogens with zero attached hydrogens (tertiary/aromatic N) is 1. The summed E-state index contributed by atoms with van der Waals surface area (Å²) in [6.07, 6.45) is 2.15. The number of hydrogen-bond donors (Lipinski definition) is 2. The molecule has 4 nitrogen and oxygen atoms in total. The Morgan fingerprint density at radius 3 is 2.71 bits per heavy atom. The van der Waals surface area contributed by atoms with Crippen molar-refractivity contribution >= 4 is 11.9 Å². The minimum atomic E-state index is -0.120. The summed E-state index contributed by atoms with van der Waals surface area (Å²) in [5.74, 6) is 0.726. The maximum absolute atomic E-state index is 11.4. The van der Waals surface area contributed by atoms with Crippen LogP contribution in [0.1, 0.15) is 33.6 Å². The van der Waals surface area contributed by atoms with Crippen LogP contribution in [0.4, 0.5) is 4.79 Å². The van der Waals surface area contributed by atoms with Gasteiger partial charge in [-0.3, -0.25) is 10.7 Å². The van der Waals surface area contributed by atoms with Crippen LogP contribution < -0.4 is 5.32 Å². The van der Waals surface area contributed by atoms with Gasteiger partial charge in [-0.2, -0.15) is 0 Å². The molecule has 0 aromatic rings. The van der Waals surface area contributed by atoms with Crippen LogP contribution in [0, 0.1) is 11.3 Å². The zero-order chi connectivity index (χ0) is 10.7. The van der Waals surface area contributed by atoms with Crippen LogP contribution in [0.25, 0.3) is 0 Å². The highest BCUT2D eigenvalue weighted by molar-refractivity contribution is 6.05. The molecule has 14 heavy (non-hydrogen) atoms. The Morgan fingerprint density at radius 1 is 1.57 bits per heavy atom. The molecule has 0 aromatic heterocycles. The average Bonchev–Trinajstić information content (AvgIpc) is 2.40. The van der Waals surface area contributed by atoms with Gasteiger partial charge in [-0.05, 0) is 19.3 Å². The van der Waals surface area contributed by atoms with Gasteiger partial charge in [0.25, 0.3) is 0 Å². The molecule has 4 heteroatoms. The predicted molar refractivity (Wildman–Crippen MR) is 56.5 cm³/mol. The van der Waals surface area contributed by atoms with E-state index in [0.717, 1.165) is 12.8 Å². The summed E-state index contributed by atoms with van der Waals surface area (Å²) in [6.45, 7) is 6.85. The second-order valence-electron chi connectivity index (χ2n) is 3.84. The van der Waals surface area contributed by atoms with Gasteiger partial charge in [0.2, 0.25) is 0 Å². The maximum atomic E-state index is 11.4. The number of carbonyl (C=O) groups excluding carboxylic acids is 1. The summed E-state index contributed by atoms with van der Waals surface area (Å²) in [6, 6.07) is -0.155. The smallest absolute Gasteiger partial charge is 0.314 e. The van der Waals surface area contributed by atoms with E-state index >= 15 is 0 Å². The minimum absolute atomic E-state index is 0.0348. The van der Waals surface area contributed by atoms with Crippen molar-refractivity contribution in [2.75, 3.05) is 6.54 Å². The van der Waals surface area contributed by atoms with E-state index in [-0.39, 0.29) is 12.1 Å². The van der Waals surface area contributed by atoms with E-state index in [1.54, 1.807) is 4.90 Å². The standard InChI is InChI=1S/C10H19N3O/c1-4-6-7(3)8-9(11)12-10(14)13(8)5-2/h7-8H,4-6H2,1-3H3,(H2,11,12,14). The van der Waals surface area contributed by atoms with Crippen LogP contribution in [0.2, 0.25) is 0 Å². The van der Waals surface area contributed by atoms with E-state index < -0.39 is 0 Å². The molecular formula is C10H19N3O. The highest BCUT2D eigenvalue weighted by Crippen LogP contribution is 2.20. The van der Waals surface area contributed by atoms with Crippen LogP contribution in [-0.4, -0.2) is 29.4 Å². The van der Waals surface area contributed by atoms with Crippen LogP contribution >= 0.6 is 0 Å².